The molecule has 2 aromatic rings. The Balaban J connectivity index is 2.27. The van der Waals surface area contributed by atoms with Gasteiger partial charge in [-0.3, -0.25) is 9.59 Å². The molecule has 0 aliphatic rings. The summed E-state index contributed by atoms with van der Waals surface area (Å²) in [5.41, 5.74) is -0.297. The second kappa shape index (κ2) is 8.17. The van der Waals surface area contributed by atoms with Gasteiger partial charge in [0, 0.05) is 13.6 Å². The van der Waals surface area contributed by atoms with Gasteiger partial charge in [0.1, 0.15) is 5.02 Å². The summed E-state index contributed by atoms with van der Waals surface area (Å²) in [4.78, 5) is 23.2. The molecule has 0 spiro atoms. The molecule has 0 atom stereocenters. The van der Waals surface area contributed by atoms with E-state index in [0.717, 1.165) is 8.99 Å². The zero-order valence-electron chi connectivity index (χ0n) is 13.8. The molecule has 8 nitrogen and oxygen atoms in total. The molecule has 0 N–H and O–H groups in total. The van der Waals surface area contributed by atoms with E-state index in [9.17, 15) is 18.0 Å². The van der Waals surface area contributed by atoms with E-state index in [1.54, 1.807) is 0 Å². The molecular formula is C15H15Cl2N3O5S. The fourth-order valence-electron chi connectivity index (χ4n) is 2.01. The molecule has 0 unspecified atom stereocenters. The van der Waals surface area contributed by atoms with Crippen molar-refractivity contribution in [2.75, 3.05) is 20.7 Å². The fraction of sp³-hybridized carbons (Fsp3) is 0.267. The Labute approximate surface area is 159 Å². The highest BCUT2D eigenvalue weighted by atomic mass is 35.5. The Morgan fingerprint density at radius 3 is 2.46 bits per heavy atom. The molecule has 0 radical (unpaired) electrons. The van der Waals surface area contributed by atoms with Crippen LogP contribution in [0, 0.1) is 0 Å². The Morgan fingerprint density at radius 2 is 1.88 bits per heavy atom. The quantitative estimate of drug-likeness (QED) is 0.660. The molecule has 0 saturated carbocycles. The number of carbonyl (C=O) groups excluding carboxylic acids is 1. The van der Waals surface area contributed by atoms with Crippen molar-refractivity contribution in [3.63, 3.8) is 0 Å². The van der Waals surface area contributed by atoms with Gasteiger partial charge in [-0.25, -0.2) is 12.7 Å². The number of halogens is 2. The number of carbonyl (C=O) groups is 1. The number of esters is 1. The normalized spacial score (nSPS) is 11.6. The smallest absolute Gasteiger partial charge is 0.306 e. The Morgan fingerprint density at radius 1 is 1.27 bits per heavy atom. The Hall–Kier alpha value is -1.94. The van der Waals surface area contributed by atoms with Crippen LogP contribution in [0.1, 0.15) is 6.42 Å². The van der Waals surface area contributed by atoms with Gasteiger partial charge in [-0.1, -0.05) is 23.2 Å². The van der Waals surface area contributed by atoms with Gasteiger partial charge in [0.25, 0.3) is 5.56 Å². The summed E-state index contributed by atoms with van der Waals surface area (Å²) in [5.74, 6) is -0.507. The third kappa shape index (κ3) is 4.24. The molecule has 0 amide bonds. The van der Waals surface area contributed by atoms with E-state index in [1.165, 1.54) is 44.6 Å². The predicted octanol–water partition coefficient (Wildman–Crippen LogP) is 1.72. The molecule has 1 aromatic heterocycles. The number of sulfonamides is 1. The van der Waals surface area contributed by atoms with E-state index in [4.69, 9.17) is 23.2 Å². The van der Waals surface area contributed by atoms with Crippen LogP contribution in [-0.2, 0) is 19.6 Å². The maximum absolute atomic E-state index is 12.5. The van der Waals surface area contributed by atoms with E-state index >= 15 is 0 Å². The van der Waals surface area contributed by atoms with Crippen molar-refractivity contribution in [2.45, 2.75) is 11.3 Å². The van der Waals surface area contributed by atoms with Crippen LogP contribution in [-0.4, -0.2) is 49.2 Å². The van der Waals surface area contributed by atoms with Crippen LogP contribution in [0.5, 0.6) is 0 Å². The monoisotopic (exact) mass is 419 g/mol. The summed E-state index contributed by atoms with van der Waals surface area (Å²) in [6.45, 7) is -0.0232. The first-order chi connectivity index (χ1) is 12.2. The first-order valence-corrected chi connectivity index (χ1v) is 9.45. The summed E-state index contributed by atoms with van der Waals surface area (Å²) in [6.07, 6.45) is 1.16. The van der Waals surface area contributed by atoms with Crippen LogP contribution in [0.4, 0.5) is 0 Å². The highest BCUT2D eigenvalue weighted by Crippen LogP contribution is 2.19. The van der Waals surface area contributed by atoms with Crippen LogP contribution < -0.4 is 5.56 Å². The highest BCUT2D eigenvalue weighted by molar-refractivity contribution is 7.89. The van der Waals surface area contributed by atoms with Crippen molar-refractivity contribution >= 4 is 39.2 Å². The van der Waals surface area contributed by atoms with Crippen molar-refractivity contribution in [2.24, 2.45) is 0 Å². The van der Waals surface area contributed by atoms with Gasteiger partial charge in [0.2, 0.25) is 10.0 Å². The van der Waals surface area contributed by atoms with E-state index in [-0.39, 0.29) is 27.9 Å². The molecule has 0 aliphatic carbocycles. The Kier molecular flexibility index (Phi) is 6.40. The van der Waals surface area contributed by atoms with Crippen LogP contribution in [0.3, 0.4) is 0 Å². The largest absolute Gasteiger partial charge is 0.469 e. The molecule has 1 heterocycles. The average Bonchev–Trinajstić information content (AvgIpc) is 2.64. The molecule has 11 heteroatoms. The fourth-order valence-corrected chi connectivity index (χ4v) is 3.43. The van der Waals surface area contributed by atoms with Gasteiger partial charge in [0.15, 0.2) is 0 Å². The maximum atomic E-state index is 12.5. The van der Waals surface area contributed by atoms with Crippen LogP contribution in [0.15, 0.2) is 40.2 Å². The standard InChI is InChI=1S/C15H15Cl2N3O5S/c1-19(8-7-13(21)25-2)26(23,24)11-5-3-10(4-6-11)20-15(22)14(17)12(16)9-18-20/h3-6,9H,7-8H2,1-2H3. The summed E-state index contributed by atoms with van der Waals surface area (Å²) in [6, 6.07) is 5.49. The first kappa shape index (κ1) is 20.4. The molecule has 1 aromatic carbocycles. The molecule has 0 saturated heterocycles. The number of ether oxygens (including phenoxy) is 1. The molecule has 0 aliphatic heterocycles. The molecule has 0 fully saturated rings. The molecule has 2 rings (SSSR count). The van der Waals surface area contributed by atoms with Gasteiger partial charge in [-0.2, -0.15) is 9.78 Å². The lowest BCUT2D eigenvalue weighted by Gasteiger charge is -2.16. The second-order valence-electron chi connectivity index (χ2n) is 5.17. The lowest BCUT2D eigenvalue weighted by molar-refractivity contribution is -0.140. The van der Waals surface area contributed by atoms with E-state index in [1.807, 2.05) is 0 Å². The minimum atomic E-state index is -3.80. The van der Waals surface area contributed by atoms with Crippen molar-refractivity contribution in [1.29, 1.82) is 0 Å². The number of nitrogens with zero attached hydrogens (tertiary/aromatic N) is 3. The third-order valence-electron chi connectivity index (χ3n) is 3.52. The van der Waals surface area contributed by atoms with Gasteiger partial charge in [0.05, 0.1) is 35.3 Å². The number of methoxy groups -OCH3 is 1. The highest BCUT2D eigenvalue weighted by Gasteiger charge is 2.21. The van der Waals surface area contributed by atoms with Crippen molar-refractivity contribution in [1.82, 2.24) is 14.1 Å². The number of rotatable bonds is 6. The van der Waals surface area contributed by atoms with Gasteiger partial charge in [-0.15, -0.1) is 0 Å². The van der Waals surface area contributed by atoms with E-state index in [2.05, 4.69) is 9.84 Å². The SMILES string of the molecule is COC(=O)CCN(C)S(=O)(=O)c1ccc(-n2ncc(Cl)c(Cl)c2=O)cc1. The maximum Gasteiger partial charge on any atom is 0.306 e. The van der Waals surface area contributed by atoms with Crippen molar-refractivity contribution in [3.8, 4) is 5.69 Å². The van der Waals surface area contributed by atoms with Crippen LogP contribution in [0.2, 0.25) is 10.0 Å². The average molecular weight is 420 g/mol. The number of hydrogen-bond acceptors (Lipinski definition) is 6. The van der Waals surface area contributed by atoms with E-state index < -0.39 is 21.6 Å². The van der Waals surface area contributed by atoms with Gasteiger partial charge < -0.3 is 4.74 Å². The van der Waals surface area contributed by atoms with Crippen molar-refractivity contribution < 1.29 is 17.9 Å². The Bertz CT molecular complexity index is 974. The van der Waals surface area contributed by atoms with Crippen molar-refractivity contribution in [3.05, 3.63) is 50.9 Å². The third-order valence-corrected chi connectivity index (χ3v) is 6.14. The van der Waals surface area contributed by atoms with Gasteiger partial charge >= 0.3 is 5.97 Å². The van der Waals surface area contributed by atoms with E-state index in [0.29, 0.717) is 5.69 Å². The van der Waals surface area contributed by atoms with Crippen LogP contribution >= 0.6 is 23.2 Å². The number of benzene rings is 1. The zero-order chi connectivity index (χ0) is 19.5. The number of aromatic nitrogens is 2. The minimum Gasteiger partial charge on any atom is -0.469 e. The topological polar surface area (TPSA) is 98.6 Å². The summed E-state index contributed by atoms with van der Waals surface area (Å²) in [7, 11) is -1.21. The lowest BCUT2D eigenvalue weighted by atomic mass is 10.3. The van der Waals surface area contributed by atoms with Gasteiger partial charge in [-0.05, 0) is 24.3 Å². The zero-order valence-corrected chi connectivity index (χ0v) is 16.2. The summed E-state index contributed by atoms with van der Waals surface area (Å²) < 4.78 is 31.5. The lowest BCUT2D eigenvalue weighted by Crippen LogP contribution is -2.29. The number of hydrogen-bond donors (Lipinski definition) is 0. The molecule has 140 valence electrons. The molecule has 26 heavy (non-hydrogen) atoms. The van der Waals surface area contributed by atoms with Crippen LogP contribution in [0.25, 0.3) is 5.69 Å². The summed E-state index contributed by atoms with van der Waals surface area (Å²) in [5, 5.41) is 3.72. The summed E-state index contributed by atoms with van der Waals surface area (Å²) >= 11 is 11.5. The minimum absolute atomic E-state index is 0.00160. The predicted molar refractivity (Wildman–Crippen MR) is 96.3 cm³/mol. The molecule has 0 bridgehead atoms. The first-order valence-electron chi connectivity index (χ1n) is 7.25. The second-order valence-corrected chi connectivity index (χ2v) is 8.00. The molecular weight excluding hydrogens is 405 g/mol.